The molecular weight excluding hydrogens is 131 g/mol. The molecule has 1 aromatic rings. The van der Waals surface area contributed by atoms with Crippen molar-refractivity contribution in [1.29, 1.82) is 0 Å². The number of hydrogen-bond acceptors (Lipinski definition) is 1. The first-order valence-electron chi connectivity index (χ1n) is 6.41. The highest BCUT2D eigenvalue weighted by Gasteiger charge is 2.04. The van der Waals surface area contributed by atoms with E-state index in [0.717, 1.165) is 0 Å². The molecule has 10 heavy (non-hydrogen) atoms. The summed E-state index contributed by atoms with van der Waals surface area (Å²) in [7, 11) is 0. The lowest BCUT2D eigenvalue weighted by molar-refractivity contribution is 0.194. The summed E-state index contributed by atoms with van der Waals surface area (Å²) in [5.41, 5.74) is -1.28. The zero-order valence-electron chi connectivity index (χ0n) is 12.8. The summed E-state index contributed by atoms with van der Waals surface area (Å²) in [4.78, 5) is 0. The standard InChI is InChI=1S/C8H9FO/c1-6(10)7-4-2-3-5-8(7)9/h2-6,10H,1H3/i1D3,2D,3D,4D,5D,6D. The molecule has 0 aliphatic heterocycles. The van der Waals surface area contributed by atoms with Crippen LogP contribution in [0.15, 0.2) is 24.2 Å². The molecule has 0 saturated heterocycles. The van der Waals surface area contributed by atoms with E-state index in [1.165, 1.54) is 0 Å². The van der Waals surface area contributed by atoms with Crippen molar-refractivity contribution in [2.75, 3.05) is 0 Å². The Balaban J connectivity index is 3.72. The quantitative estimate of drug-likeness (QED) is 0.644. The van der Waals surface area contributed by atoms with Crippen molar-refractivity contribution >= 4 is 0 Å². The van der Waals surface area contributed by atoms with Gasteiger partial charge < -0.3 is 5.11 Å². The van der Waals surface area contributed by atoms with Gasteiger partial charge in [0.05, 0.1) is 12.9 Å². The Labute approximate surface area is 70.4 Å². The maximum Gasteiger partial charge on any atom is 0.128 e. The highest BCUT2D eigenvalue weighted by molar-refractivity contribution is 5.18. The Kier molecular flexibility index (Phi) is 0.572. The molecule has 0 aliphatic rings. The predicted octanol–water partition coefficient (Wildman–Crippen LogP) is 1.88. The zero-order chi connectivity index (χ0) is 14.5. The molecule has 1 nitrogen and oxygen atoms in total. The second-order valence-corrected chi connectivity index (χ2v) is 1.54. The van der Waals surface area contributed by atoms with Gasteiger partial charge in [-0.2, -0.15) is 0 Å². The van der Waals surface area contributed by atoms with Crippen molar-refractivity contribution in [3.8, 4) is 0 Å². The third-order valence-electron chi connectivity index (χ3n) is 0.879. The first kappa shape index (κ1) is 2.05. The molecule has 0 amide bonds. The van der Waals surface area contributed by atoms with E-state index in [4.69, 9.17) is 11.0 Å². The molecule has 1 atom stereocenters. The molecule has 1 N–H and O–H groups in total. The Morgan fingerprint density at radius 2 is 2.50 bits per heavy atom. The Hall–Kier alpha value is -0.890. The number of benzene rings is 1. The summed E-state index contributed by atoms with van der Waals surface area (Å²) in [6, 6.07) is -4.02. The van der Waals surface area contributed by atoms with Crippen LogP contribution in [0.3, 0.4) is 0 Å². The van der Waals surface area contributed by atoms with Crippen LogP contribution in [-0.4, -0.2) is 5.11 Å². The van der Waals surface area contributed by atoms with E-state index in [1.54, 1.807) is 0 Å². The molecule has 0 aromatic heterocycles. The van der Waals surface area contributed by atoms with E-state index in [0.29, 0.717) is 0 Å². The van der Waals surface area contributed by atoms with Crippen molar-refractivity contribution < 1.29 is 20.5 Å². The van der Waals surface area contributed by atoms with E-state index < -0.39 is 48.5 Å². The summed E-state index contributed by atoms with van der Waals surface area (Å²) in [6.07, 6.45) is -3.45. The molecule has 54 valence electrons. The van der Waals surface area contributed by atoms with Crippen molar-refractivity contribution in [2.24, 2.45) is 0 Å². The summed E-state index contributed by atoms with van der Waals surface area (Å²) in [5.74, 6) is -1.64. The minimum absolute atomic E-state index is 0.900. The maximum absolute atomic E-state index is 13.7. The SMILES string of the molecule is [2H]c1c([2H])c([2H])c(C([2H])(O)C([2H])([2H])[2H])c(F)c1[2H]. The molecule has 0 fully saturated rings. The highest BCUT2D eigenvalue weighted by atomic mass is 19.1. The first-order valence-corrected chi connectivity index (χ1v) is 2.41. The third-order valence-corrected chi connectivity index (χ3v) is 0.879. The van der Waals surface area contributed by atoms with Crippen LogP contribution in [-0.2, 0) is 0 Å². The van der Waals surface area contributed by atoms with Gasteiger partial charge in [0.2, 0.25) is 0 Å². The number of halogens is 1. The molecule has 0 bridgehead atoms. The second-order valence-electron chi connectivity index (χ2n) is 1.54. The van der Waals surface area contributed by atoms with E-state index in [2.05, 4.69) is 0 Å². The minimum Gasteiger partial charge on any atom is -0.389 e. The lowest BCUT2D eigenvalue weighted by Crippen LogP contribution is -1.93. The van der Waals surface area contributed by atoms with Crippen LogP contribution >= 0.6 is 0 Å². The normalized spacial score (nSPS) is 29.0. The smallest absolute Gasteiger partial charge is 0.128 e. The molecule has 2 heteroatoms. The summed E-state index contributed by atoms with van der Waals surface area (Å²) < 4.78 is 70.7. The molecule has 0 aliphatic carbocycles. The van der Waals surface area contributed by atoms with Crippen LogP contribution in [0.1, 0.15) is 29.5 Å². The number of hydrogen-bond donors (Lipinski definition) is 1. The van der Waals surface area contributed by atoms with Crippen LogP contribution in [0.4, 0.5) is 4.39 Å². The van der Waals surface area contributed by atoms with Crippen molar-refractivity contribution in [1.82, 2.24) is 0 Å². The first-order chi connectivity index (χ1) is 7.93. The molecule has 1 unspecified atom stereocenters. The largest absolute Gasteiger partial charge is 0.389 e. The maximum atomic E-state index is 13.7. The summed E-state index contributed by atoms with van der Waals surface area (Å²) in [6.45, 7) is -3.36. The van der Waals surface area contributed by atoms with Gasteiger partial charge in [-0.3, -0.25) is 0 Å². The van der Waals surface area contributed by atoms with E-state index in [-0.39, 0.29) is 0 Å². The minimum atomic E-state index is -3.45. The monoisotopic (exact) mass is 148 g/mol. The molecule has 0 saturated carbocycles. The van der Waals surface area contributed by atoms with Crippen molar-refractivity contribution in [2.45, 2.75) is 12.9 Å². The molecular formula is C8H9FO. The van der Waals surface area contributed by atoms with E-state index >= 15 is 0 Å². The van der Waals surface area contributed by atoms with Gasteiger partial charge in [0.15, 0.2) is 0 Å². The summed E-state index contributed by atoms with van der Waals surface area (Å²) >= 11 is 0. The number of rotatable bonds is 1. The van der Waals surface area contributed by atoms with Gasteiger partial charge in [0, 0.05) is 9.68 Å². The second kappa shape index (κ2) is 2.80. The molecule has 0 spiro atoms. The lowest BCUT2D eigenvalue weighted by atomic mass is 10.1. The average Bonchev–Trinajstić information content (AvgIpc) is 2.22. The van der Waals surface area contributed by atoms with Gasteiger partial charge in [0.1, 0.15) is 5.82 Å². The Morgan fingerprint density at radius 3 is 3.20 bits per heavy atom. The topological polar surface area (TPSA) is 20.2 Å². The fourth-order valence-corrected chi connectivity index (χ4v) is 0.460. The van der Waals surface area contributed by atoms with E-state index in [9.17, 15) is 9.50 Å². The Bertz CT molecular complexity index is 466. The fraction of sp³-hybridized carbons (Fsp3) is 0.250. The molecule has 1 aromatic carbocycles. The van der Waals surface area contributed by atoms with Crippen LogP contribution in [0, 0.1) is 5.82 Å². The van der Waals surface area contributed by atoms with Gasteiger partial charge in [-0.05, 0) is 12.9 Å². The van der Waals surface area contributed by atoms with Gasteiger partial charge in [0.25, 0.3) is 0 Å². The average molecular weight is 148 g/mol. The van der Waals surface area contributed by atoms with Gasteiger partial charge in [-0.15, -0.1) is 0 Å². The zero-order valence-corrected chi connectivity index (χ0v) is 4.83. The van der Waals surface area contributed by atoms with Crippen LogP contribution < -0.4 is 0 Å². The molecule has 1 rings (SSSR count). The molecule has 0 heterocycles. The highest BCUT2D eigenvalue weighted by Crippen LogP contribution is 2.14. The van der Waals surface area contributed by atoms with Crippen LogP contribution in [0.5, 0.6) is 0 Å². The van der Waals surface area contributed by atoms with Gasteiger partial charge in [-0.25, -0.2) is 4.39 Å². The van der Waals surface area contributed by atoms with E-state index in [1.807, 2.05) is 0 Å². The van der Waals surface area contributed by atoms with Crippen LogP contribution in [0.2, 0.25) is 0 Å². The van der Waals surface area contributed by atoms with Crippen molar-refractivity contribution in [3.05, 3.63) is 35.6 Å². The van der Waals surface area contributed by atoms with Crippen molar-refractivity contribution in [3.63, 3.8) is 0 Å². The lowest BCUT2D eigenvalue weighted by Gasteiger charge is -2.03. The number of aliphatic hydroxyl groups is 1. The van der Waals surface area contributed by atoms with Gasteiger partial charge in [-0.1, -0.05) is 18.1 Å². The fourth-order valence-electron chi connectivity index (χ4n) is 0.460. The third kappa shape index (κ3) is 1.33. The molecule has 0 radical (unpaired) electrons. The van der Waals surface area contributed by atoms with Crippen LogP contribution in [0.25, 0.3) is 0 Å². The van der Waals surface area contributed by atoms with Gasteiger partial charge >= 0.3 is 0 Å². The summed E-state index contributed by atoms with van der Waals surface area (Å²) in [5, 5.41) is 9.54. The Morgan fingerprint density at radius 1 is 1.80 bits per heavy atom. The predicted molar refractivity (Wildman–Crippen MR) is 37.0 cm³/mol.